The van der Waals surface area contributed by atoms with Crippen molar-refractivity contribution in [1.82, 2.24) is 4.31 Å². The molecule has 3 aromatic rings. The van der Waals surface area contributed by atoms with Crippen LogP contribution in [0.2, 0.25) is 0 Å². The van der Waals surface area contributed by atoms with Crippen molar-refractivity contribution in [3.8, 4) is 16.9 Å². The van der Waals surface area contributed by atoms with Gasteiger partial charge in [-0.3, -0.25) is 4.79 Å². The maximum atomic E-state index is 12.8. The highest BCUT2D eigenvalue weighted by Gasteiger charge is 2.27. The van der Waals surface area contributed by atoms with E-state index in [1.807, 2.05) is 54.6 Å². The third kappa shape index (κ3) is 4.78. The summed E-state index contributed by atoms with van der Waals surface area (Å²) in [5, 5.41) is 12.8. The highest BCUT2D eigenvalue weighted by molar-refractivity contribution is 7.89. The van der Waals surface area contributed by atoms with Crippen LogP contribution in [0.5, 0.6) is 5.75 Å². The summed E-state index contributed by atoms with van der Waals surface area (Å²) < 4.78 is 26.9. The second-order valence-electron chi connectivity index (χ2n) is 7.58. The summed E-state index contributed by atoms with van der Waals surface area (Å²) in [6.45, 7) is 0.980. The Balaban J connectivity index is 1.46. The van der Waals surface area contributed by atoms with Crippen molar-refractivity contribution >= 4 is 21.6 Å². The van der Waals surface area contributed by atoms with Crippen molar-refractivity contribution in [3.63, 3.8) is 0 Å². The summed E-state index contributed by atoms with van der Waals surface area (Å²) in [4.78, 5) is 12.6. The molecule has 7 heteroatoms. The minimum Gasteiger partial charge on any atom is -0.506 e. The Morgan fingerprint density at radius 3 is 2.23 bits per heavy atom. The van der Waals surface area contributed by atoms with Crippen LogP contribution in [-0.2, 0) is 21.2 Å². The minimum atomic E-state index is -3.63. The number of phenolic OH excluding ortho intramolecular Hbond substituents is 1. The number of phenols is 1. The predicted molar refractivity (Wildman–Crippen MR) is 120 cm³/mol. The van der Waals surface area contributed by atoms with Crippen LogP contribution in [0, 0.1) is 0 Å². The highest BCUT2D eigenvalue weighted by atomic mass is 32.2. The molecule has 0 aromatic heterocycles. The van der Waals surface area contributed by atoms with E-state index in [0.29, 0.717) is 13.1 Å². The number of benzene rings is 3. The first-order valence-corrected chi connectivity index (χ1v) is 11.6. The first-order valence-electron chi connectivity index (χ1n) is 10.2. The topological polar surface area (TPSA) is 86.7 Å². The molecule has 0 atom stereocenters. The monoisotopic (exact) mass is 436 g/mol. The van der Waals surface area contributed by atoms with Gasteiger partial charge in [0.2, 0.25) is 15.9 Å². The number of nitrogens with zero attached hydrogens (tertiary/aromatic N) is 1. The summed E-state index contributed by atoms with van der Waals surface area (Å²) in [6, 6.07) is 21.6. The minimum absolute atomic E-state index is 0.0646. The fraction of sp³-hybridized carbons (Fsp3) is 0.208. The fourth-order valence-corrected chi connectivity index (χ4v) is 5.22. The summed E-state index contributed by atoms with van der Waals surface area (Å²) in [5.74, 6) is -0.508. The van der Waals surface area contributed by atoms with Gasteiger partial charge in [-0.1, -0.05) is 54.6 Å². The molecule has 0 saturated carbocycles. The number of rotatable bonds is 6. The fourth-order valence-electron chi connectivity index (χ4n) is 3.68. The Hall–Kier alpha value is -3.16. The van der Waals surface area contributed by atoms with Gasteiger partial charge in [0, 0.05) is 13.1 Å². The first kappa shape index (κ1) is 21.1. The average molecular weight is 437 g/mol. The molecule has 1 aliphatic heterocycles. The Morgan fingerprint density at radius 2 is 1.55 bits per heavy atom. The van der Waals surface area contributed by atoms with E-state index in [1.165, 1.54) is 22.5 Å². The van der Waals surface area contributed by atoms with Gasteiger partial charge in [-0.25, -0.2) is 8.42 Å². The van der Waals surface area contributed by atoms with Gasteiger partial charge in [-0.2, -0.15) is 4.31 Å². The van der Waals surface area contributed by atoms with Gasteiger partial charge in [0.05, 0.1) is 17.0 Å². The summed E-state index contributed by atoms with van der Waals surface area (Å²) in [5.41, 5.74) is 3.06. The molecule has 6 nitrogen and oxygen atoms in total. The molecule has 160 valence electrons. The molecule has 0 spiro atoms. The molecule has 4 rings (SSSR count). The largest absolute Gasteiger partial charge is 0.506 e. The third-order valence-electron chi connectivity index (χ3n) is 5.37. The SMILES string of the molecule is O=C(Cc1ccc(-c2ccccc2)cc1)Nc1cc(S(=O)(=O)N2CCCC2)ccc1O. The standard InChI is InChI=1S/C24H24N2O4S/c27-23-13-12-21(31(29,30)26-14-4-5-15-26)17-22(23)25-24(28)16-18-8-10-20(11-9-18)19-6-2-1-3-7-19/h1-3,6-13,17,27H,4-5,14-16H2,(H,25,28). The van der Waals surface area contributed by atoms with Crippen LogP contribution >= 0.6 is 0 Å². The number of amides is 1. The lowest BCUT2D eigenvalue weighted by atomic mass is 10.0. The zero-order chi connectivity index (χ0) is 21.8. The molecule has 2 N–H and O–H groups in total. The quantitative estimate of drug-likeness (QED) is 0.572. The van der Waals surface area contributed by atoms with Gasteiger partial charge in [-0.15, -0.1) is 0 Å². The van der Waals surface area contributed by atoms with Crippen molar-refractivity contribution in [2.24, 2.45) is 0 Å². The molecule has 0 unspecified atom stereocenters. The molecule has 1 amide bonds. The van der Waals surface area contributed by atoms with Crippen LogP contribution in [0.25, 0.3) is 11.1 Å². The number of hydrogen-bond donors (Lipinski definition) is 2. The average Bonchev–Trinajstić information content (AvgIpc) is 3.32. The first-order chi connectivity index (χ1) is 14.9. The van der Waals surface area contributed by atoms with Crippen LogP contribution in [0.3, 0.4) is 0 Å². The molecule has 1 saturated heterocycles. The van der Waals surface area contributed by atoms with E-state index in [9.17, 15) is 18.3 Å². The van der Waals surface area contributed by atoms with Crippen molar-refractivity contribution < 1.29 is 18.3 Å². The molecule has 1 fully saturated rings. The maximum absolute atomic E-state index is 12.8. The maximum Gasteiger partial charge on any atom is 0.243 e. The van der Waals surface area contributed by atoms with Gasteiger partial charge in [0.15, 0.2) is 0 Å². The predicted octanol–water partition coefficient (Wildman–Crippen LogP) is 4.02. The second kappa shape index (κ2) is 8.91. The summed E-state index contributed by atoms with van der Waals surface area (Å²) >= 11 is 0. The molecular weight excluding hydrogens is 412 g/mol. The number of carbonyl (C=O) groups is 1. The third-order valence-corrected chi connectivity index (χ3v) is 7.27. The Morgan fingerprint density at radius 1 is 0.903 bits per heavy atom. The lowest BCUT2D eigenvalue weighted by molar-refractivity contribution is -0.115. The van der Waals surface area contributed by atoms with E-state index in [-0.39, 0.29) is 28.7 Å². The molecule has 0 bridgehead atoms. The number of carbonyl (C=O) groups excluding carboxylic acids is 1. The van der Waals surface area contributed by atoms with Gasteiger partial charge >= 0.3 is 0 Å². The van der Waals surface area contributed by atoms with Crippen molar-refractivity contribution in [2.75, 3.05) is 18.4 Å². The van der Waals surface area contributed by atoms with Crippen LogP contribution < -0.4 is 5.32 Å². The highest BCUT2D eigenvalue weighted by Crippen LogP contribution is 2.29. The van der Waals surface area contributed by atoms with E-state index >= 15 is 0 Å². The van der Waals surface area contributed by atoms with Crippen molar-refractivity contribution in [3.05, 3.63) is 78.4 Å². The number of aromatic hydroxyl groups is 1. The molecule has 0 radical (unpaired) electrons. The summed E-state index contributed by atoms with van der Waals surface area (Å²) in [6.07, 6.45) is 1.78. The van der Waals surface area contributed by atoms with E-state index in [4.69, 9.17) is 0 Å². The Bertz CT molecular complexity index is 1170. The Labute approximate surface area is 182 Å². The number of nitrogens with one attached hydrogen (secondary N) is 1. The van der Waals surface area contributed by atoms with E-state index in [2.05, 4.69) is 5.32 Å². The van der Waals surface area contributed by atoms with Crippen LogP contribution in [0.1, 0.15) is 18.4 Å². The molecule has 31 heavy (non-hydrogen) atoms. The molecule has 1 aliphatic rings. The van der Waals surface area contributed by atoms with Crippen LogP contribution in [0.4, 0.5) is 5.69 Å². The molecule has 1 heterocycles. The molecular formula is C24H24N2O4S. The van der Waals surface area contributed by atoms with Crippen LogP contribution in [-0.4, -0.2) is 36.8 Å². The van der Waals surface area contributed by atoms with Gasteiger partial charge < -0.3 is 10.4 Å². The van der Waals surface area contributed by atoms with Gasteiger partial charge in [0.1, 0.15) is 5.75 Å². The zero-order valence-electron chi connectivity index (χ0n) is 17.0. The molecule has 3 aromatic carbocycles. The van der Waals surface area contributed by atoms with E-state index in [0.717, 1.165) is 29.5 Å². The molecule has 0 aliphatic carbocycles. The normalized spacial score (nSPS) is 14.5. The zero-order valence-corrected chi connectivity index (χ0v) is 17.8. The lowest BCUT2D eigenvalue weighted by Crippen LogP contribution is -2.28. The number of sulfonamides is 1. The second-order valence-corrected chi connectivity index (χ2v) is 9.52. The van der Waals surface area contributed by atoms with Gasteiger partial charge in [-0.05, 0) is 47.7 Å². The van der Waals surface area contributed by atoms with E-state index in [1.54, 1.807) is 0 Å². The van der Waals surface area contributed by atoms with Gasteiger partial charge in [0.25, 0.3) is 0 Å². The smallest absolute Gasteiger partial charge is 0.243 e. The number of hydrogen-bond acceptors (Lipinski definition) is 4. The van der Waals surface area contributed by atoms with Crippen LogP contribution in [0.15, 0.2) is 77.7 Å². The lowest BCUT2D eigenvalue weighted by Gasteiger charge is -2.16. The summed E-state index contributed by atoms with van der Waals surface area (Å²) in [7, 11) is -3.63. The number of anilines is 1. The van der Waals surface area contributed by atoms with E-state index < -0.39 is 10.0 Å². The van der Waals surface area contributed by atoms with Crippen molar-refractivity contribution in [1.29, 1.82) is 0 Å². The van der Waals surface area contributed by atoms with Crippen molar-refractivity contribution in [2.45, 2.75) is 24.2 Å². The Kier molecular flexibility index (Phi) is 6.06.